The van der Waals surface area contributed by atoms with Crippen molar-refractivity contribution in [3.05, 3.63) is 78.6 Å². The first-order valence-electron chi connectivity index (χ1n) is 10.4. The van der Waals surface area contributed by atoms with E-state index in [-0.39, 0.29) is 0 Å². The monoisotopic (exact) mass is 387 g/mol. The lowest BCUT2D eigenvalue weighted by molar-refractivity contribution is 0.414. The molecule has 1 fully saturated rings. The molecule has 1 aliphatic heterocycles. The molecule has 2 aromatic carbocycles. The molecule has 0 bridgehead atoms. The number of rotatable bonds is 7. The summed E-state index contributed by atoms with van der Waals surface area (Å²) in [6, 6.07) is 21.6. The van der Waals surface area contributed by atoms with Crippen LogP contribution in [0.5, 0.6) is 5.75 Å². The Kier molecular flexibility index (Phi) is 6.11. The average Bonchev–Trinajstić information content (AvgIpc) is 3.27. The van der Waals surface area contributed by atoms with Crippen LogP contribution in [0.4, 0.5) is 5.69 Å². The maximum atomic E-state index is 5.53. The van der Waals surface area contributed by atoms with Gasteiger partial charge in [-0.15, -0.1) is 0 Å². The summed E-state index contributed by atoms with van der Waals surface area (Å²) >= 11 is 0. The third kappa shape index (κ3) is 4.60. The maximum Gasteiger partial charge on any atom is 0.142 e. The van der Waals surface area contributed by atoms with Crippen LogP contribution in [0.2, 0.25) is 0 Å². The Morgan fingerprint density at radius 3 is 2.52 bits per heavy atom. The van der Waals surface area contributed by atoms with E-state index in [1.54, 1.807) is 7.11 Å². The minimum absolute atomic E-state index is 0.335. The van der Waals surface area contributed by atoms with Gasteiger partial charge in [-0.3, -0.25) is 4.98 Å². The molecule has 1 saturated heterocycles. The molecule has 4 heteroatoms. The summed E-state index contributed by atoms with van der Waals surface area (Å²) in [4.78, 5) is 6.54. The van der Waals surface area contributed by atoms with Gasteiger partial charge in [0.2, 0.25) is 0 Å². The highest BCUT2D eigenvalue weighted by molar-refractivity contribution is 5.63. The van der Waals surface area contributed by atoms with Crippen molar-refractivity contribution in [2.45, 2.75) is 19.4 Å². The van der Waals surface area contributed by atoms with Crippen molar-refractivity contribution < 1.29 is 4.74 Å². The van der Waals surface area contributed by atoms with Crippen molar-refractivity contribution in [3.8, 4) is 16.9 Å². The van der Waals surface area contributed by atoms with Crippen molar-refractivity contribution in [1.29, 1.82) is 0 Å². The lowest BCUT2D eigenvalue weighted by Crippen LogP contribution is -2.28. The zero-order valence-corrected chi connectivity index (χ0v) is 17.2. The quantitative estimate of drug-likeness (QED) is 0.623. The van der Waals surface area contributed by atoms with E-state index in [0.29, 0.717) is 12.0 Å². The summed E-state index contributed by atoms with van der Waals surface area (Å²) in [6.07, 6.45) is 4.88. The van der Waals surface area contributed by atoms with Gasteiger partial charge in [0.05, 0.1) is 12.8 Å². The zero-order valence-electron chi connectivity index (χ0n) is 17.2. The van der Waals surface area contributed by atoms with E-state index < -0.39 is 0 Å². The van der Waals surface area contributed by atoms with E-state index in [2.05, 4.69) is 58.5 Å². The minimum atomic E-state index is 0.335. The number of hydrogen-bond donors (Lipinski definition) is 1. The van der Waals surface area contributed by atoms with Gasteiger partial charge in [-0.25, -0.2) is 0 Å². The number of nitrogens with zero attached hydrogens (tertiary/aromatic N) is 2. The predicted molar refractivity (Wildman–Crippen MR) is 119 cm³/mol. The minimum Gasteiger partial charge on any atom is -0.495 e. The van der Waals surface area contributed by atoms with E-state index in [9.17, 15) is 0 Å². The fourth-order valence-corrected chi connectivity index (χ4v) is 4.08. The number of anilines is 1. The Bertz CT molecular complexity index is 911. The molecular weight excluding hydrogens is 358 g/mol. The Balaban J connectivity index is 1.31. The summed E-state index contributed by atoms with van der Waals surface area (Å²) in [7, 11) is 1.75. The molecule has 2 heterocycles. The summed E-state index contributed by atoms with van der Waals surface area (Å²) in [5.41, 5.74) is 4.96. The van der Waals surface area contributed by atoms with Crippen molar-refractivity contribution in [1.82, 2.24) is 10.3 Å². The number of benzene rings is 2. The van der Waals surface area contributed by atoms with E-state index >= 15 is 0 Å². The molecule has 0 amide bonds. The van der Waals surface area contributed by atoms with Crippen LogP contribution in [0.1, 0.15) is 24.9 Å². The second-order valence-corrected chi connectivity index (χ2v) is 7.76. The van der Waals surface area contributed by atoms with Crippen molar-refractivity contribution in [3.63, 3.8) is 0 Å². The molecule has 1 aromatic heterocycles. The second-order valence-electron chi connectivity index (χ2n) is 7.76. The molecule has 4 rings (SSSR count). The summed E-state index contributed by atoms with van der Waals surface area (Å²) in [6.45, 7) is 5.43. The molecule has 0 spiro atoms. The molecule has 1 aliphatic rings. The fourth-order valence-electron chi connectivity index (χ4n) is 4.08. The third-order valence-electron chi connectivity index (χ3n) is 5.85. The highest BCUT2D eigenvalue weighted by Crippen LogP contribution is 2.32. The largest absolute Gasteiger partial charge is 0.495 e. The molecule has 0 aliphatic carbocycles. The van der Waals surface area contributed by atoms with E-state index in [1.807, 2.05) is 36.7 Å². The van der Waals surface area contributed by atoms with Crippen LogP contribution >= 0.6 is 0 Å². The Labute approximate surface area is 173 Å². The van der Waals surface area contributed by atoms with Gasteiger partial charge in [0.25, 0.3) is 0 Å². The van der Waals surface area contributed by atoms with Crippen LogP contribution in [0, 0.1) is 5.92 Å². The lowest BCUT2D eigenvalue weighted by atomic mass is 10.0. The highest BCUT2D eigenvalue weighted by atomic mass is 16.5. The molecule has 2 unspecified atom stereocenters. The average molecular weight is 388 g/mol. The van der Waals surface area contributed by atoms with Crippen molar-refractivity contribution >= 4 is 5.69 Å². The summed E-state index contributed by atoms with van der Waals surface area (Å²) in [5.74, 6) is 1.61. The molecule has 2 atom stereocenters. The molecule has 0 radical (unpaired) electrons. The van der Waals surface area contributed by atoms with Gasteiger partial charge >= 0.3 is 0 Å². The zero-order chi connectivity index (χ0) is 20.1. The molecule has 3 aromatic rings. The first kappa shape index (κ1) is 19.5. The topological polar surface area (TPSA) is 37.4 Å². The summed E-state index contributed by atoms with van der Waals surface area (Å²) in [5, 5.41) is 3.73. The van der Waals surface area contributed by atoms with Crippen LogP contribution in [0.25, 0.3) is 11.1 Å². The van der Waals surface area contributed by atoms with E-state index in [4.69, 9.17) is 4.74 Å². The van der Waals surface area contributed by atoms with Gasteiger partial charge in [-0.1, -0.05) is 36.4 Å². The summed E-state index contributed by atoms with van der Waals surface area (Å²) < 4.78 is 5.53. The standard InChI is InChI=1S/C25H29N3O/c1-19(21-7-9-22(10-8-21)23-11-14-26-15-12-23)27-17-20-13-16-28(18-20)24-5-3-4-6-25(24)29-2/h3-12,14-15,19-20,27H,13,16-18H2,1-2H3. The van der Waals surface area contributed by atoms with Gasteiger partial charge in [0.15, 0.2) is 0 Å². The molecule has 4 nitrogen and oxygen atoms in total. The van der Waals surface area contributed by atoms with Crippen LogP contribution in [0.15, 0.2) is 73.1 Å². The maximum absolute atomic E-state index is 5.53. The van der Waals surface area contributed by atoms with Gasteiger partial charge in [0.1, 0.15) is 5.75 Å². The molecule has 0 saturated carbocycles. The van der Waals surface area contributed by atoms with Gasteiger partial charge in [-0.05, 0) is 60.2 Å². The first-order chi connectivity index (χ1) is 14.2. The Hall–Kier alpha value is -2.85. The van der Waals surface area contributed by atoms with Crippen LogP contribution in [-0.4, -0.2) is 31.7 Å². The predicted octanol–water partition coefficient (Wildman–Crippen LogP) is 4.93. The Morgan fingerprint density at radius 2 is 1.76 bits per heavy atom. The second kappa shape index (κ2) is 9.10. The highest BCUT2D eigenvalue weighted by Gasteiger charge is 2.24. The van der Waals surface area contributed by atoms with Gasteiger partial charge in [0, 0.05) is 38.1 Å². The molecule has 1 N–H and O–H groups in total. The van der Waals surface area contributed by atoms with Gasteiger partial charge in [-0.2, -0.15) is 0 Å². The van der Waals surface area contributed by atoms with Crippen molar-refractivity contribution in [2.75, 3.05) is 31.6 Å². The number of methoxy groups -OCH3 is 1. The number of nitrogens with one attached hydrogen (secondary N) is 1. The van der Waals surface area contributed by atoms with E-state index in [1.165, 1.54) is 28.8 Å². The number of aromatic nitrogens is 1. The number of hydrogen-bond acceptors (Lipinski definition) is 4. The fraction of sp³-hybridized carbons (Fsp3) is 0.320. The van der Waals surface area contributed by atoms with Crippen LogP contribution in [-0.2, 0) is 0 Å². The lowest BCUT2D eigenvalue weighted by Gasteiger charge is -2.22. The third-order valence-corrected chi connectivity index (χ3v) is 5.85. The van der Waals surface area contributed by atoms with Crippen LogP contribution in [0.3, 0.4) is 0 Å². The van der Waals surface area contributed by atoms with Crippen LogP contribution < -0.4 is 15.0 Å². The molecular formula is C25H29N3O. The van der Waals surface area contributed by atoms with Crippen molar-refractivity contribution in [2.24, 2.45) is 5.92 Å². The molecule has 29 heavy (non-hydrogen) atoms. The molecule has 150 valence electrons. The number of ether oxygens (including phenoxy) is 1. The number of para-hydroxylation sites is 2. The Morgan fingerprint density at radius 1 is 1.03 bits per heavy atom. The number of pyridine rings is 1. The van der Waals surface area contributed by atoms with E-state index in [0.717, 1.165) is 25.4 Å². The smallest absolute Gasteiger partial charge is 0.142 e. The SMILES string of the molecule is COc1ccccc1N1CCC(CNC(C)c2ccc(-c3ccncc3)cc2)C1. The first-order valence-corrected chi connectivity index (χ1v) is 10.4. The normalized spacial score (nSPS) is 17.3. The van der Waals surface area contributed by atoms with Gasteiger partial charge < -0.3 is 15.0 Å².